The van der Waals surface area contributed by atoms with Crippen molar-refractivity contribution < 1.29 is 23.9 Å². The van der Waals surface area contributed by atoms with Crippen molar-refractivity contribution >= 4 is 45.2 Å². The van der Waals surface area contributed by atoms with E-state index in [4.69, 9.17) is 9.47 Å². The molecular weight excluding hydrogens is 418 g/mol. The Kier molecular flexibility index (Phi) is 5.94. The van der Waals surface area contributed by atoms with Crippen LogP contribution in [0.2, 0.25) is 0 Å². The predicted octanol–water partition coefficient (Wildman–Crippen LogP) is 3.54. The molecule has 31 heavy (non-hydrogen) atoms. The number of carbonyl (C=O) groups is 3. The van der Waals surface area contributed by atoms with Gasteiger partial charge < -0.3 is 14.8 Å². The van der Waals surface area contributed by atoms with Gasteiger partial charge in [-0.3, -0.25) is 9.78 Å². The number of carbonyl (C=O) groups excluding carboxylic acids is 3. The van der Waals surface area contributed by atoms with Gasteiger partial charge in [-0.05, 0) is 50.3 Å². The highest BCUT2D eigenvalue weighted by Crippen LogP contribution is 2.38. The van der Waals surface area contributed by atoms with Gasteiger partial charge in [0.15, 0.2) is 11.8 Å². The molecule has 9 heteroatoms. The molecule has 0 spiro atoms. The lowest BCUT2D eigenvalue weighted by molar-refractivity contribution is -0.123. The van der Waals surface area contributed by atoms with E-state index in [1.54, 1.807) is 18.2 Å². The van der Waals surface area contributed by atoms with Crippen LogP contribution in [0.25, 0.3) is 11.0 Å². The van der Waals surface area contributed by atoms with E-state index in [0.29, 0.717) is 21.6 Å². The molecule has 0 radical (unpaired) electrons. The summed E-state index contributed by atoms with van der Waals surface area (Å²) in [6.07, 6.45) is 3.90. The molecule has 1 unspecified atom stereocenters. The molecule has 0 bridgehead atoms. The molecule has 1 aromatic carbocycles. The molecule has 2 aromatic heterocycles. The number of benzene rings is 1. The van der Waals surface area contributed by atoms with Gasteiger partial charge in [-0.25, -0.2) is 14.6 Å². The molecule has 1 N–H and O–H groups in total. The number of hydrogen-bond donors (Lipinski definition) is 1. The summed E-state index contributed by atoms with van der Waals surface area (Å²) >= 11 is 1.37. The fourth-order valence-corrected chi connectivity index (χ4v) is 4.80. The van der Waals surface area contributed by atoms with E-state index in [9.17, 15) is 14.4 Å². The predicted molar refractivity (Wildman–Crippen MR) is 115 cm³/mol. The minimum atomic E-state index is -1.09. The normalized spacial score (nSPS) is 13.9. The standard InChI is InChI=1S/C22H21N3O5S/c1-12(30-21(27)16-11-23-14-8-4-5-9-15(14)24-16)19(26)25-20-18(22(28)29-2)13-7-3-6-10-17(13)31-20/h4-5,8-9,11-12H,3,6-7,10H2,1-2H3,(H,25,26). The first kappa shape index (κ1) is 20.9. The molecule has 4 rings (SSSR count). The third-order valence-corrected chi connectivity index (χ3v) is 6.32. The minimum Gasteiger partial charge on any atom is -0.465 e. The lowest BCUT2D eigenvalue weighted by atomic mass is 9.95. The van der Waals surface area contributed by atoms with Gasteiger partial charge in [0.2, 0.25) is 0 Å². The molecular formula is C22H21N3O5S. The maximum Gasteiger partial charge on any atom is 0.359 e. The van der Waals surface area contributed by atoms with Gasteiger partial charge in [-0.2, -0.15) is 0 Å². The van der Waals surface area contributed by atoms with Gasteiger partial charge in [0, 0.05) is 4.88 Å². The highest BCUT2D eigenvalue weighted by Gasteiger charge is 2.29. The number of nitrogens with one attached hydrogen (secondary N) is 1. The average molecular weight is 439 g/mol. The van der Waals surface area contributed by atoms with E-state index in [0.717, 1.165) is 36.1 Å². The maximum atomic E-state index is 12.7. The Morgan fingerprint density at radius 3 is 2.61 bits per heavy atom. The fraction of sp³-hybridized carbons (Fsp3) is 0.318. The van der Waals surface area contributed by atoms with Gasteiger partial charge in [0.1, 0.15) is 5.00 Å². The van der Waals surface area contributed by atoms with Gasteiger partial charge in [-0.1, -0.05) is 12.1 Å². The number of thiophene rings is 1. The minimum absolute atomic E-state index is 0.0141. The Balaban J connectivity index is 1.49. The zero-order valence-electron chi connectivity index (χ0n) is 17.1. The SMILES string of the molecule is COC(=O)c1c(NC(=O)C(C)OC(=O)c2cnc3ccccc3n2)sc2c1CCCC2. The summed E-state index contributed by atoms with van der Waals surface area (Å²) in [5.74, 6) is -1.77. The first-order valence-corrected chi connectivity index (χ1v) is 10.8. The summed E-state index contributed by atoms with van der Waals surface area (Å²) < 4.78 is 10.2. The molecule has 160 valence electrons. The van der Waals surface area contributed by atoms with Crippen molar-refractivity contribution in [3.63, 3.8) is 0 Å². The monoisotopic (exact) mass is 439 g/mol. The third kappa shape index (κ3) is 4.27. The van der Waals surface area contributed by atoms with Crippen molar-refractivity contribution in [1.29, 1.82) is 0 Å². The van der Waals surface area contributed by atoms with Crippen LogP contribution in [0.5, 0.6) is 0 Å². The van der Waals surface area contributed by atoms with E-state index in [-0.39, 0.29) is 5.69 Å². The maximum absolute atomic E-state index is 12.7. The van der Waals surface area contributed by atoms with Crippen molar-refractivity contribution in [2.24, 2.45) is 0 Å². The largest absolute Gasteiger partial charge is 0.465 e. The summed E-state index contributed by atoms with van der Waals surface area (Å²) in [5, 5.41) is 3.16. The van der Waals surface area contributed by atoms with Crippen LogP contribution in [0.4, 0.5) is 5.00 Å². The molecule has 0 aliphatic heterocycles. The van der Waals surface area contributed by atoms with E-state index < -0.39 is 23.9 Å². The summed E-state index contributed by atoms with van der Waals surface area (Å²) in [5.41, 5.74) is 2.56. The summed E-state index contributed by atoms with van der Waals surface area (Å²) in [4.78, 5) is 47.0. The summed E-state index contributed by atoms with van der Waals surface area (Å²) in [6, 6.07) is 7.14. The summed E-state index contributed by atoms with van der Waals surface area (Å²) in [6.45, 7) is 1.47. The van der Waals surface area contributed by atoms with Crippen molar-refractivity contribution in [2.45, 2.75) is 38.7 Å². The smallest absolute Gasteiger partial charge is 0.359 e. The third-order valence-electron chi connectivity index (χ3n) is 5.11. The van der Waals surface area contributed by atoms with Crippen molar-refractivity contribution in [3.05, 3.63) is 52.2 Å². The van der Waals surface area contributed by atoms with E-state index in [1.807, 2.05) is 6.07 Å². The topological polar surface area (TPSA) is 107 Å². The number of rotatable bonds is 5. The van der Waals surface area contributed by atoms with Gasteiger partial charge in [0.05, 0.1) is 29.9 Å². The Hall–Kier alpha value is -3.33. The average Bonchev–Trinajstić information content (AvgIpc) is 3.15. The lowest BCUT2D eigenvalue weighted by Crippen LogP contribution is -2.30. The zero-order chi connectivity index (χ0) is 22.0. The number of fused-ring (bicyclic) bond motifs is 2. The second-order valence-electron chi connectivity index (χ2n) is 7.19. The van der Waals surface area contributed by atoms with Gasteiger partial charge >= 0.3 is 11.9 Å². The van der Waals surface area contributed by atoms with E-state index in [2.05, 4.69) is 15.3 Å². The first-order valence-electron chi connectivity index (χ1n) is 9.94. The number of anilines is 1. The molecule has 0 saturated heterocycles. The van der Waals surface area contributed by atoms with E-state index in [1.165, 1.54) is 31.6 Å². The second-order valence-corrected chi connectivity index (χ2v) is 8.29. The molecule has 3 aromatic rings. The Morgan fingerprint density at radius 2 is 1.84 bits per heavy atom. The van der Waals surface area contributed by atoms with Gasteiger partial charge in [0.25, 0.3) is 5.91 Å². The highest BCUT2D eigenvalue weighted by atomic mass is 32.1. The number of methoxy groups -OCH3 is 1. The van der Waals surface area contributed by atoms with Crippen LogP contribution in [-0.2, 0) is 27.1 Å². The van der Waals surface area contributed by atoms with Crippen LogP contribution >= 0.6 is 11.3 Å². The number of hydrogen-bond acceptors (Lipinski definition) is 8. The Bertz CT molecular complexity index is 1170. The number of amides is 1. The molecule has 0 fully saturated rings. The van der Waals surface area contributed by atoms with Crippen LogP contribution in [0.1, 0.15) is 51.1 Å². The van der Waals surface area contributed by atoms with Gasteiger partial charge in [-0.15, -0.1) is 11.3 Å². The van der Waals surface area contributed by atoms with Crippen LogP contribution in [0, 0.1) is 0 Å². The van der Waals surface area contributed by atoms with Crippen LogP contribution in [0.15, 0.2) is 30.5 Å². The molecule has 1 aliphatic rings. The lowest BCUT2D eigenvalue weighted by Gasteiger charge is -2.14. The Morgan fingerprint density at radius 1 is 1.10 bits per heavy atom. The highest BCUT2D eigenvalue weighted by molar-refractivity contribution is 7.17. The molecule has 0 saturated carbocycles. The number of nitrogens with zero attached hydrogens (tertiary/aromatic N) is 2. The molecule has 2 heterocycles. The van der Waals surface area contributed by atoms with Crippen molar-refractivity contribution in [2.75, 3.05) is 12.4 Å². The zero-order valence-corrected chi connectivity index (χ0v) is 18.0. The number of ether oxygens (including phenoxy) is 2. The molecule has 1 amide bonds. The van der Waals surface area contributed by atoms with Crippen molar-refractivity contribution in [3.8, 4) is 0 Å². The number of para-hydroxylation sites is 2. The second kappa shape index (κ2) is 8.81. The number of aryl methyl sites for hydroxylation is 1. The fourth-order valence-electron chi connectivity index (χ4n) is 3.52. The quantitative estimate of drug-likeness (QED) is 0.606. The van der Waals surface area contributed by atoms with Crippen LogP contribution < -0.4 is 5.32 Å². The number of aromatic nitrogens is 2. The molecule has 8 nitrogen and oxygen atoms in total. The molecule has 1 aliphatic carbocycles. The van der Waals surface area contributed by atoms with Crippen LogP contribution in [0.3, 0.4) is 0 Å². The molecule has 1 atom stereocenters. The van der Waals surface area contributed by atoms with Crippen molar-refractivity contribution in [1.82, 2.24) is 9.97 Å². The first-order chi connectivity index (χ1) is 15.0. The van der Waals surface area contributed by atoms with E-state index >= 15 is 0 Å². The number of esters is 2. The summed E-state index contributed by atoms with van der Waals surface area (Å²) in [7, 11) is 1.32. The van der Waals surface area contributed by atoms with Crippen LogP contribution in [-0.4, -0.2) is 41.0 Å². The Labute approximate surface area is 182 Å².